The molecular formula is C22H31Cl2NOS. The number of halogens is 2. The fourth-order valence-corrected chi connectivity index (χ4v) is 3.05. The van der Waals surface area contributed by atoms with Crippen molar-refractivity contribution in [1.29, 1.82) is 0 Å². The number of allylic oxidation sites excluding steroid dienone is 3. The fraction of sp³-hybridized carbons (Fsp3) is 0.500. The molecule has 0 atom stereocenters. The van der Waals surface area contributed by atoms with Crippen molar-refractivity contribution in [3.8, 4) is 5.75 Å². The Labute approximate surface area is 180 Å². The lowest BCUT2D eigenvalue weighted by Gasteiger charge is -2.07. The van der Waals surface area contributed by atoms with E-state index in [-0.39, 0.29) is 0 Å². The van der Waals surface area contributed by atoms with Gasteiger partial charge in [0.15, 0.2) is 0 Å². The largest absolute Gasteiger partial charge is 0.493 e. The molecule has 1 aromatic carbocycles. The maximum atomic E-state index is 5.95. The molecule has 150 valence electrons. The number of benzene rings is 1. The fourth-order valence-electron chi connectivity index (χ4n) is 2.38. The molecule has 27 heavy (non-hydrogen) atoms. The second kappa shape index (κ2) is 15.0. The molecule has 0 heterocycles. The predicted molar refractivity (Wildman–Crippen MR) is 123 cm³/mol. The van der Waals surface area contributed by atoms with Crippen molar-refractivity contribution in [1.82, 2.24) is 5.32 Å². The Morgan fingerprint density at radius 2 is 1.70 bits per heavy atom. The molecule has 0 aromatic heterocycles. The minimum Gasteiger partial charge on any atom is -0.493 e. The van der Waals surface area contributed by atoms with Gasteiger partial charge in [0.05, 0.1) is 11.6 Å². The topological polar surface area (TPSA) is 21.3 Å². The van der Waals surface area contributed by atoms with Crippen LogP contribution in [0.1, 0.15) is 52.4 Å². The smallest absolute Gasteiger partial charge is 0.122 e. The van der Waals surface area contributed by atoms with E-state index in [0.717, 1.165) is 30.1 Å². The van der Waals surface area contributed by atoms with Crippen LogP contribution in [0.5, 0.6) is 5.75 Å². The van der Waals surface area contributed by atoms with E-state index in [9.17, 15) is 0 Å². The van der Waals surface area contributed by atoms with E-state index in [1.165, 1.54) is 25.7 Å². The molecule has 0 bridgehead atoms. The molecule has 0 aliphatic rings. The Morgan fingerprint density at radius 1 is 1.04 bits per heavy atom. The van der Waals surface area contributed by atoms with Gasteiger partial charge in [0, 0.05) is 16.6 Å². The maximum Gasteiger partial charge on any atom is 0.122 e. The molecule has 1 aromatic rings. The SMILES string of the molecule is CC(C)CNC(=S)/C=C/C=C/CCCCCCCOc1cc(Cl)cc(Cl)c1. The van der Waals surface area contributed by atoms with E-state index in [4.69, 9.17) is 40.2 Å². The minimum absolute atomic E-state index is 0.605. The number of unbranched alkanes of at least 4 members (excludes halogenated alkanes) is 5. The van der Waals surface area contributed by atoms with Crippen LogP contribution in [0.4, 0.5) is 0 Å². The molecule has 1 rings (SSSR count). The van der Waals surface area contributed by atoms with Gasteiger partial charge in [0.25, 0.3) is 0 Å². The van der Waals surface area contributed by atoms with Crippen molar-refractivity contribution >= 4 is 40.4 Å². The van der Waals surface area contributed by atoms with E-state index in [1.807, 2.05) is 12.2 Å². The van der Waals surface area contributed by atoms with Crippen molar-refractivity contribution in [2.75, 3.05) is 13.2 Å². The maximum absolute atomic E-state index is 5.95. The molecule has 0 aliphatic carbocycles. The number of hydrogen-bond donors (Lipinski definition) is 1. The van der Waals surface area contributed by atoms with E-state index >= 15 is 0 Å². The van der Waals surface area contributed by atoms with Crippen molar-refractivity contribution in [2.24, 2.45) is 5.92 Å². The van der Waals surface area contributed by atoms with Gasteiger partial charge in [-0.3, -0.25) is 0 Å². The zero-order valence-corrected chi connectivity index (χ0v) is 18.7. The molecule has 5 heteroatoms. The second-order valence-electron chi connectivity index (χ2n) is 6.94. The Kier molecular flexibility index (Phi) is 13.3. The molecule has 0 unspecified atom stereocenters. The van der Waals surface area contributed by atoms with Crippen LogP contribution in [0.25, 0.3) is 0 Å². The number of thiocarbonyl (C=S) groups is 1. The summed E-state index contributed by atoms with van der Waals surface area (Å²) < 4.78 is 5.69. The van der Waals surface area contributed by atoms with Gasteiger partial charge in [-0.05, 0) is 49.5 Å². The van der Waals surface area contributed by atoms with E-state index in [0.29, 0.717) is 22.6 Å². The van der Waals surface area contributed by atoms with Gasteiger partial charge >= 0.3 is 0 Å². The van der Waals surface area contributed by atoms with E-state index in [2.05, 4.69) is 31.3 Å². The highest BCUT2D eigenvalue weighted by atomic mass is 35.5. The summed E-state index contributed by atoms with van der Waals surface area (Å²) in [6, 6.07) is 5.29. The van der Waals surface area contributed by atoms with Gasteiger partial charge in [0.2, 0.25) is 0 Å². The quantitative estimate of drug-likeness (QED) is 0.153. The molecule has 0 radical (unpaired) electrons. The molecule has 0 spiro atoms. The first-order valence-electron chi connectivity index (χ1n) is 9.67. The van der Waals surface area contributed by atoms with Crippen LogP contribution in [0.15, 0.2) is 42.5 Å². The summed E-state index contributed by atoms with van der Waals surface area (Å²) in [6.45, 7) is 5.96. The van der Waals surface area contributed by atoms with Gasteiger partial charge in [-0.2, -0.15) is 0 Å². The first kappa shape index (κ1) is 24.0. The third kappa shape index (κ3) is 13.7. The van der Waals surface area contributed by atoms with Gasteiger partial charge < -0.3 is 10.1 Å². The summed E-state index contributed by atoms with van der Waals surface area (Å²) in [4.78, 5) is 0.801. The van der Waals surface area contributed by atoms with Crippen LogP contribution in [-0.4, -0.2) is 18.1 Å². The molecule has 0 saturated carbocycles. The molecule has 0 aliphatic heterocycles. The molecule has 2 nitrogen and oxygen atoms in total. The van der Waals surface area contributed by atoms with Crippen molar-refractivity contribution in [2.45, 2.75) is 52.4 Å². The van der Waals surface area contributed by atoms with Gasteiger partial charge in [-0.25, -0.2) is 0 Å². The number of rotatable bonds is 13. The average molecular weight is 428 g/mol. The first-order valence-corrected chi connectivity index (χ1v) is 10.8. The van der Waals surface area contributed by atoms with Crippen molar-refractivity contribution < 1.29 is 4.74 Å². The van der Waals surface area contributed by atoms with Crippen LogP contribution in [0.2, 0.25) is 10.0 Å². The van der Waals surface area contributed by atoms with Crippen LogP contribution in [0.3, 0.4) is 0 Å². The molecule has 0 amide bonds. The van der Waals surface area contributed by atoms with Crippen LogP contribution < -0.4 is 10.1 Å². The van der Waals surface area contributed by atoms with Crippen molar-refractivity contribution in [3.05, 3.63) is 52.5 Å². The van der Waals surface area contributed by atoms with Gasteiger partial charge in [-0.15, -0.1) is 0 Å². The highest BCUT2D eigenvalue weighted by molar-refractivity contribution is 7.80. The third-order valence-corrected chi connectivity index (χ3v) is 4.52. The zero-order chi connectivity index (χ0) is 19.9. The van der Waals surface area contributed by atoms with Crippen LogP contribution in [-0.2, 0) is 0 Å². The highest BCUT2D eigenvalue weighted by Gasteiger charge is 1.99. The number of nitrogens with one attached hydrogen (secondary N) is 1. The van der Waals surface area contributed by atoms with Crippen LogP contribution in [0, 0.1) is 5.92 Å². The summed E-state index contributed by atoms with van der Waals surface area (Å²) in [5.41, 5.74) is 0. The summed E-state index contributed by atoms with van der Waals surface area (Å²) in [5, 5.41) is 4.43. The number of ether oxygens (including phenoxy) is 1. The minimum atomic E-state index is 0.605. The molecule has 1 N–H and O–H groups in total. The first-order chi connectivity index (χ1) is 13.0. The lowest BCUT2D eigenvalue weighted by atomic mass is 10.1. The van der Waals surface area contributed by atoms with Gasteiger partial charge in [-0.1, -0.05) is 86.8 Å². The Hall–Kier alpha value is -1.03. The lowest BCUT2D eigenvalue weighted by Crippen LogP contribution is -2.23. The summed E-state index contributed by atoms with van der Waals surface area (Å²) in [7, 11) is 0. The third-order valence-electron chi connectivity index (χ3n) is 3.80. The van der Waals surface area contributed by atoms with E-state index in [1.54, 1.807) is 18.2 Å². The lowest BCUT2D eigenvalue weighted by molar-refractivity contribution is 0.304. The molecule has 0 saturated heterocycles. The summed E-state index contributed by atoms with van der Waals surface area (Å²) in [6.07, 6.45) is 15.2. The normalized spacial score (nSPS) is 11.6. The molecular weight excluding hydrogens is 397 g/mol. The monoisotopic (exact) mass is 427 g/mol. The van der Waals surface area contributed by atoms with Crippen LogP contribution >= 0.6 is 35.4 Å². The summed E-state index contributed by atoms with van der Waals surface area (Å²) in [5.74, 6) is 1.35. The standard InChI is InChI=1S/C22H31Cl2NOS/c1-18(2)17-25-22(27)12-10-8-6-4-3-5-7-9-11-13-26-21-15-19(23)14-20(24)16-21/h6,8,10,12,14-16,18H,3-5,7,9,11,13,17H2,1-2H3,(H,25,27)/b8-6+,12-10+. The average Bonchev–Trinajstić information content (AvgIpc) is 2.60. The van der Waals surface area contributed by atoms with Crippen molar-refractivity contribution in [3.63, 3.8) is 0 Å². The number of hydrogen-bond acceptors (Lipinski definition) is 2. The Bertz CT molecular complexity index is 594. The highest BCUT2D eigenvalue weighted by Crippen LogP contribution is 2.24. The Morgan fingerprint density at radius 3 is 2.41 bits per heavy atom. The Balaban J connectivity index is 1.97. The zero-order valence-electron chi connectivity index (χ0n) is 16.3. The van der Waals surface area contributed by atoms with E-state index < -0.39 is 0 Å². The van der Waals surface area contributed by atoms with Gasteiger partial charge in [0.1, 0.15) is 5.75 Å². The predicted octanol–water partition coefficient (Wildman–Crippen LogP) is 7.40. The summed E-state index contributed by atoms with van der Waals surface area (Å²) >= 11 is 17.1. The second-order valence-corrected chi connectivity index (χ2v) is 8.25. The molecule has 0 fully saturated rings.